The minimum Gasteiger partial charge on any atom is -0.481 e. The van der Waals surface area contributed by atoms with Gasteiger partial charge in [0.1, 0.15) is 18.5 Å². The lowest BCUT2D eigenvalue weighted by molar-refractivity contribution is -0.137. The van der Waals surface area contributed by atoms with Crippen LogP contribution in [0, 0.1) is 12.7 Å². The van der Waals surface area contributed by atoms with E-state index in [2.05, 4.69) is 10.6 Å². The number of hydrogen-bond acceptors (Lipinski definition) is 4. The number of amides is 2. The second kappa shape index (κ2) is 10.4. The molecule has 0 saturated carbocycles. The molecule has 1 unspecified atom stereocenters. The Morgan fingerprint density at radius 3 is 2.26 bits per heavy atom. The third-order valence-electron chi connectivity index (χ3n) is 5.98. The van der Waals surface area contributed by atoms with Gasteiger partial charge in [0.15, 0.2) is 0 Å². The maximum Gasteiger partial charge on any atom is 0.407 e. The van der Waals surface area contributed by atoms with Crippen molar-refractivity contribution in [2.75, 3.05) is 11.9 Å². The van der Waals surface area contributed by atoms with Crippen LogP contribution in [-0.4, -0.2) is 35.7 Å². The topological polar surface area (TPSA) is 105 Å². The van der Waals surface area contributed by atoms with Gasteiger partial charge in [-0.25, -0.2) is 9.18 Å². The van der Waals surface area contributed by atoms with Gasteiger partial charge in [0.25, 0.3) is 0 Å². The average molecular weight is 477 g/mol. The Bertz CT molecular complexity index is 1230. The fourth-order valence-corrected chi connectivity index (χ4v) is 4.27. The van der Waals surface area contributed by atoms with Crippen LogP contribution in [0.5, 0.6) is 0 Å². The molecule has 1 aliphatic carbocycles. The van der Waals surface area contributed by atoms with Crippen molar-refractivity contribution in [3.63, 3.8) is 0 Å². The smallest absolute Gasteiger partial charge is 0.407 e. The van der Waals surface area contributed by atoms with Crippen LogP contribution in [0.1, 0.15) is 35.4 Å². The molecule has 2 amide bonds. The largest absolute Gasteiger partial charge is 0.481 e. The molecule has 3 aromatic rings. The maximum atomic E-state index is 14.1. The molecular weight excluding hydrogens is 451 g/mol. The van der Waals surface area contributed by atoms with Gasteiger partial charge in [0, 0.05) is 12.3 Å². The fourth-order valence-electron chi connectivity index (χ4n) is 4.27. The number of anilines is 1. The first kappa shape index (κ1) is 23.9. The lowest BCUT2D eigenvalue weighted by Gasteiger charge is -2.19. The Labute approximate surface area is 201 Å². The highest BCUT2D eigenvalue weighted by molar-refractivity contribution is 5.97. The Balaban J connectivity index is 1.44. The summed E-state index contributed by atoms with van der Waals surface area (Å²) in [6.07, 6.45) is -1.40. The van der Waals surface area contributed by atoms with Gasteiger partial charge >= 0.3 is 12.1 Å². The van der Waals surface area contributed by atoms with Gasteiger partial charge in [-0.3, -0.25) is 9.59 Å². The molecule has 0 heterocycles. The first-order chi connectivity index (χ1) is 16.8. The van der Waals surface area contributed by atoms with Crippen LogP contribution in [0.15, 0.2) is 66.7 Å². The lowest BCUT2D eigenvalue weighted by Crippen LogP contribution is -2.44. The zero-order chi connectivity index (χ0) is 24.9. The predicted molar refractivity (Wildman–Crippen MR) is 129 cm³/mol. The molecule has 0 fully saturated rings. The Kier molecular flexibility index (Phi) is 7.10. The van der Waals surface area contributed by atoms with Crippen molar-refractivity contribution in [1.82, 2.24) is 5.32 Å². The van der Waals surface area contributed by atoms with Gasteiger partial charge in [0.05, 0.1) is 5.69 Å². The number of ether oxygens (including phenoxy) is 1. The highest BCUT2D eigenvalue weighted by Gasteiger charge is 2.30. The highest BCUT2D eigenvalue weighted by Crippen LogP contribution is 2.44. The predicted octanol–water partition coefficient (Wildman–Crippen LogP) is 4.84. The van der Waals surface area contributed by atoms with E-state index < -0.39 is 29.8 Å². The van der Waals surface area contributed by atoms with Crippen LogP contribution in [0.3, 0.4) is 0 Å². The summed E-state index contributed by atoms with van der Waals surface area (Å²) in [7, 11) is 0. The van der Waals surface area contributed by atoms with Crippen molar-refractivity contribution in [3.8, 4) is 11.1 Å². The lowest BCUT2D eigenvalue weighted by atomic mass is 9.98. The number of fused-ring (bicyclic) bond motifs is 3. The molecule has 4 rings (SSSR count). The maximum absolute atomic E-state index is 14.1. The van der Waals surface area contributed by atoms with Crippen LogP contribution in [0.25, 0.3) is 11.1 Å². The summed E-state index contributed by atoms with van der Waals surface area (Å²) < 4.78 is 19.6. The van der Waals surface area contributed by atoms with Crippen LogP contribution in [0.2, 0.25) is 0 Å². The third kappa shape index (κ3) is 5.48. The first-order valence-corrected chi connectivity index (χ1v) is 11.2. The second-order valence-corrected chi connectivity index (χ2v) is 8.43. The van der Waals surface area contributed by atoms with Crippen LogP contribution >= 0.6 is 0 Å². The number of alkyl carbamates (subject to hydrolysis) is 1. The van der Waals surface area contributed by atoms with Gasteiger partial charge in [-0.2, -0.15) is 0 Å². The fraction of sp³-hybridized carbons (Fsp3) is 0.222. The van der Waals surface area contributed by atoms with E-state index in [1.54, 1.807) is 13.0 Å². The number of halogens is 1. The molecule has 0 saturated heterocycles. The molecule has 0 aliphatic heterocycles. The van der Waals surface area contributed by atoms with Gasteiger partial charge in [0.2, 0.25) is 5.91 Å². The Morgan fingerprint density at radius 1 is 1.00 bits per heavy atom. The normalized spacial score (nSPS) is 12.9. The number of carboxylic acids is 1. The summed E-state index contributed by atoms with van der Waals surface area (Å²) in [4.78, 5) is 36.5. The average Bonchev–Trinajstić information content (AvgIpc) is 3.16. The molecule has 0 bridgehead atoms. The molecule has 0 aromatic heterocycles. The molecule has 1 atom stereocenters. The summed E-state index contributed by atoms with van der Waals surface area (Å²) in [6.45, 7) is 1.78. The van der Waals surface area contributed by atoms with Crippen molar-refractivity contribution in [2.24, 2.45) is 0 Å². The third-order valence-corrected chi connectivity index (χ3v) is 5.98. The van der Waals surface area contributed by atoms with Gasteiger partial charge in [-0.1, -0.05) is 54.6 Å². The van der Waals surface area contributed by atoms with E-state index in [-0.39, 0.29) is 31.1 Å². The molecule has 1 aliphatic rings. The minimum atomic E-state index is -1.22. The van der Waals surface area contributed by atoms with E-state index in [9.17, 15) is 18.8 Å². The molecule has 0 spiro atoms. The molecule has 8 heteroatoms. The summed E-state index contributed by atoms with van der Waals surface area (Å²) in [5.74, 6) is -2.66. The van der Waals surface area contributed by atoms with Crippen molar-refractivity contribution >= 4 is 23.7 Å². The molecule has 0 radical (unpaired) electrons. The van der Waals surface area contributed by atoms with Crippen LogP contribution < -0.4 is 10.6 Å². The monoisotopic (exact) mass is 476 g/mol. The first-order valence-electron chi connectivity index (χ1n) is 11.2. The zero-order valence-electron chi connectivity index (χ0n) is 19.1. The van der Waals surface area contributed by atoms with E-state index in [0.29, 0.717) is 0 Å². The summed E-state index contributed by atoms with van der Waals surface area (Å²) >= 11 is 0. The van der Waals surface area contributed by atoms with Gasteiger partial charge in [-0.05, 0) is 53.3 Å². The van der Waals surface area contributed by atoms with Gasteiger partial charge < -0.3 is 20.5 Å². The highest BCUT2D eigenvalue weighted by atomic mass is 19.1. The summed E-state index contributed by atoms with van der Waals surface area (Å²) in [5.41, 5.74) is 4.91. The van der Waals surface area contributed by atoms with Crippen molar-refractivity contribution in [3.05, 3.63) is 89.2 Å². The number of carbonyl (C=O) groups is 3. The SMILES string of the molecule is Cc1ccc(F)c(NC(=O)C(CCC(=O)O)NC(=O)OCC2c3ccccc3-c3ccccc32)c1. The number of rotatable bonds is 8. The number of aliphatic carboxylic acids is 1. The zero-order valence-corrected chi connectivity index (χ0v) is 19.1. The van der Waals surface area contributed by atoms with Gasteiger partial charge in [-0.15, -0.1) is 0 Å². The molecule has 7 nitrogen and oxygen atoms in total. The van der Waals surface area contributed by atoms with E-state index in [0.717, 1.165) is 27.8 Å². The van der Waals surface area contributed by atoms with E-state index in [1.807, 2.05) is 48.5 Å². The van der Waals surface area contributed by atoms with E-state index in [1.165, 1.54) is 12.1 Å². The van der Waals surface area contributed by atoms with Crippen molar-refractivity contribution < 1.29 is 28.6 Å². The van der Waals surface area contributed by atoms with Crippen LogP contribution in [0.4, 0.5) is 14.9 Å². The molecule has 35 heavy (non-hydrogen) atoms. The number of benzene rings is 3. The summed E-state index contributed by atoms with van der Waals surface area (Å²) in [6, 6.07) is 18.8. The minimum absolute atomic E-state index is 0.0413. The van der Waals surface area contributed by atoms with Crippen molar-refractivity contribution in [2.45, 2.75) is 31.7 Å². The number of carbonyl (C=O) groups excluding carboxylic acids is 2. The van der Waals surface area contributed by atoms with E-state index >= 15 is 0 Å². The van der Waals surface area contributed by atoms with Crippen LogP contribution in [-0.2, 0) is 14.3 Å². The Hall–Kier alpha value is -4.20. The quantitative estimate of drug-likeness (QED) is 0.431. The number of aryl methyl sites for hydroxylation is 1. The molecule has 3 aromatic carbocycles. The van der Waals surface area contributed by atoms with E-state index in [4.69, 9.17) is 9.84 Å². The molecule has 3 N–H and O–H groups in total. The number of nitrogens with one attached hydrogen (secondary N) is 2. The standard InChI is InChI=1S/C27H25FN2O5/c1-16-10-11-22(28)24(14-16)29-26(33)23(12-13-25(31)32)30-27(34)35-15-21-19-8-4-2-6-17(19)18-7-3-5-9-20(18)21/h2-11,14,21,23H,12-13,15H2,1H3,(H,29,33)(H,30,34)(H,31,32). The number of hydrogen-bond donors (Lipinski definition) is 3. The summed E-state index contributed by atoms with van der Waals surface area (Å²) in [5, 5.41) is 13.9. The number of carboxylic acid groups (broad SMARTS) is 1. The Morgan fingerprint density at radius 2 is 1.63 bits per heavy atom. The second-order valence-electron chi connectivity index (χ2n) is 8.43. The molecular formula is C27H25FN2O5. The van der Waals surface area contributed by atoms with Crippen molar-refractivity contribution in [1.29, 1.82) is 0 Å². The molecule has 180 valence electrons.